The molecule has 2 saturated carbocycles. The second-order valence-electron chi connectivity index (χ2n) is 8.82. The number of halogens is 1. The molecule has 10 heteroatoms. The zero-order valence-corrected chi connectivity index (χ0v) is 18.3. The molecule has 3 fully saturated rings. The highest BCUT2D eigenvalue weighted by Crippen LogP contribution is 2.63. The Bertz CT molecular complexity index is 1120. The summed E-state index contributed by atoms with van der Waals surface area (Å²) in [5.41, 5.74) is 0.988. The lowest BCUT2D eigenvalue weighted by Gasteiger charge is -2.31. The fourth-order valence-electron chi connectivity index (χ4n) is 5.21. The number of hydrogen-bond acceptors (Lipinski definition) is 6. The third kappa shape index (κ3) is 3.50. The molecule has 0 radical (unpaired) electrons. The number of piperidine rings is 1. The van der Waals surface area contributed by atoms with Gasteiger partial charge in [-0.3, -0.25) is 9.36 Å². The summed E-state index contributed by atoms with van der Waals surface area (Å²) in [5.74, 6) is 0.489. The Hall–Kier alpha value is -1.71. The predicted molar refractivity (Wildman–Crippen MR) is 116 cm³/mol. The van der Waals surface area contributed by atoms with Crippen molar-refractivity contribution in [2.45, 2.75) is 57.0 Å². The molecule has 1 unspecified atom stereocenters. The van der Waals surface area contributed by atoms with Crippen LogP contribution in [0.4, 0.5) is 5.95 Å². The van der Waals surface area contributed by atoms with Gasteiger partial charge in [0.15, 0.2) is 0 Å². The normalized spacial score (nSPS) is 24.5. The second-order valence-corrected chi connectivity index (χ2v) is 11.4. The van der Waals surface area contributed by atoms with Crippen molar-refractivity contribution in [3.05, 3.63) is 28.7 Å². The third-order valence-electron chi connectivity index (χ3n) is 7.05. The van der Waals surface area contributed by atoms with Crippen molar-refractivity contribution in [3.63, 3.8) is 0 Å². The van der Waals surface area contributed by atoms with Gasteiger partial charge in [-0.25, -0.2) is 17.7 Å². The van der Waals surface area contributed by atoms with Crippen LogP contribution < -0.4 is 10.9 Å². The molecule has 1 spiro atoms. The van der Waals surface area contributed by atoms with Crippen molar-refractivity contribution in [1.29, 1.82) is 0 Å². The molecular weight excluding hydrogens is 426 g/mol. The minimum Gasteiger partial charge on any atom is -0.351 e. The molecular formula is C20H26ClN5O3S. The van der Waals surface area contributed by atoms with E-state index in [2.05, 4.69) is 10.3 Å². The summed E-state index contributed by atoms with van der Waals surface area (Å²) in [7, 11) is -3.37. The first-order valence-corrected chi connectivity index (χ1v) is 12.7. The van der Waals surface area contributed by atoms with E-state index in [4.69, 9.17) is 16.6 Å². The van der Waals surface area contributed by atoms with Crippen LogP contribution >= 0.6 is 11.6 Å². The summed E-state index contributed by atoms with van der Waals surface area (Å²) in [4.78, 5) is 22.0. The monoisotopic (exact) mass is 451 g/mol. The number of pyridine rings is 1. The van der Waals surface area contributed by atoms with Crippen LogP contribution in [0.2, 0.25) is 0 Å². The van der Waals surface area contributed by atoms with E-state index in [0.29, 0.717) is 37.5 Å². The predicted octanol–water partition coefficient (Wildman–Crippen LogP) is 2.70. The van der Waals surface area contributed by atoms with E-state index in [1.54, 1.807) is 18.3 Å². The molecule has 2 aliphatic carbocycles. The van der Waals surface area contributed by atoms with Crippen LogP contribution in [0.1, 0.15) is 51.0 Å². The highest BCUT2D eigenvalue weighted by Gasteiger charge is 2.53. The summed E-state index contributed by atoms with van der Waals surface area (Å²) < 4.78 is 27.2. The van der Waals surface area contributed by atoms with Crippen LogP contribution in [0, 0.1) is 5.41 Å². The maximum Gasteiger partial charge on any atom is 0.252 e. The fourth-order valence-corrected chi connectivity index (χ4v) is 6.53. The van der Waals surface area contributed by atoms with Gasteiger partial charge in [0.2, 0.25) is 16.0 Å². The minimum atomic E-state index is -3.37. The average molecular weight is 452 g/mol. The lowest BCUT2D eigenvalue weighted by molar-refractivity contribution is 0.330. The molecule has 5 rings (SSSR count). The number of rotatable bonds is 5. The molecule has 3 aliphatic rings. The molecule has 0 amide bonds. The molecule has 2 aromatic heterocycles. The number of aromatic nitrogens is 3. The van der Waals surface area contributed by atoms with Crippen LogP contribution in [0.3, 0.4) is 0 Å². The molecule has 3 heterocycles. The van der Waals surface area contributed by atoms with Crippen molar-refractivity contribution in [3.8, 4) is 0 Å². The van der Waals surface area contributed by atoms with Crippen molar-refractivity contribution < 1.29 is 8.42 Å². The molecule has 1 saturated heterocycles. The van der Waals surface area contributed by atoms with Gasteiger partial charge in [-0.2, -0.15) is 4.98 Å². The van der Waals surface area contributed by atoms with Crippen LogP contribution in [0.5, 0.6) is 0 Å². The third-order valence-corrected chi connectivity index (χ3v) is 9.30. The standard InChI is InChI=1S/C20H26ClN5O3S/c21-13-30(28,29)25-10-5-15(6-11-25)23-19-22-12-14-3-4-17(27)26(18(14)24-19)16-2-1-7-20(16)8-9-20/h3-4,12,15-16H,1-2,5-11,13H2,(H,22,23,24). The SMILES string of the molecule is O=c1ccc2cnc(NC3CCN(S(=O)(=O)CCl)CC3)nc2n1C1CCCC12CC2. The van der Waals surface area contributed by atoms with Crippen LogP contribution in [-0.2, 0) is 10.0 Å². The Morgan fingerprint density at radius 1 is 1.17 bits per heavy atom. The van der Waals surface area contributed by atoms with Gasteiger partial charge in [-0.05, 0) is 50.0 Å². The highest BCUT2D eigenvalue weighted by atomic mass is 35.5. The first-order valence-electron chi connectivity index (χ1n) is 10.6. The van der Waals surface area contributed by atoms with Crippen molar-refractivity contribution >= 4 is 38.6 Å². The summed E-state index contributed by atoms with van der Waals surface area (Å²) in [6, 6.07) is 3.72. The van der Waals surface area contributed by atoms with E-state index in [-0.39, 0.29) is 28.3 Å². The Morgan fingerprint density at radius 2 is 1.93 bits per heavy atom. The van der Waals surface area contributed by atoms with Crippen LogP contribution in [0.15, 0.2) is 23.1 Å². The van der Waals surface area contributed by atoms with Gasteiger partial charge in [0.25, 0.3) is 5.56 Å². The Labute approximate surface area is 180 Å². The number of nitrogens with zero attached hydrogens (tertiary/aromatic N) is 4. The molecule has 0 bridgehead atoms. The number of nitrogens with one attached hydrogen (secondary N) is 1. The van der Waals surface area contributed by atoms with Gasteiger partial charge in [0.05, 0.1) is 0 Å². The maximum atomic E-state index is 12.8. The first kappa shape index (κ1) is 20.2. The van der Waals surface area contributed by atoms with Crippen molar-refractivity contribution in [1.82, 2.24) is 18.8 Å². The molecule has 1 aliphatic heterocycles. The van der Waals surface area contributed by atoms with E-state index in [9.17, 15) is 13.2 Å². The van der Waals surface area contributed by atoms with Crippen LogP contribution in [0.25, 0.3) is 11.0 Å². The van der Waals surface area contributed by atoms with Crippen molar-refractivity contribution in [2.75, 3.05) is 23.6 Å². The maximum absolute atomic E-state index is 12.8. The number of anilines is 1. The van der Waals surface area contributed by atoms with Gasteiger partial charge in [0.1, 0.15) is 10.9 Å². The first-order chi connectivity index (χ1) is 14.4. The van der Waals surface area contributed by atoms with E-state index in [0.717, 1.165) is 18.2 Å². The van der Waals surface area contributed by atoms with Gasteiger partial charge in [-0.1, -0.05) is 6.42 Å². The topological polar surface area (TPSA) is 97.2 Å². The molecule has 0 aromatic carbocycles. The average Bonchev–Trinajstić information content (AvgIpc) is 3.41. The van der Waals surface area contributed by atoms with E-state index in [1.807, 2.05) is 4.57 Å². The zero-order chi connectivity index (χ0) is 20.9. The summed E-state index contributed by atoms with van der Waals surface area (Å²) in [5, 5.41) is 3.82. The Balaban J connectivity index is 1.39. The quantitative estimate of drug-likeness (QED) is 0.702. The van der Waals surface area contributed by atoms with Gasteiger partial charge in [-0.15, -0.1) is 11.6 Å². The molecule has 30 heavy (non-hydrogen) atoms. The van der Waals surface area contributed by atoms with Gasteiger partial charge < -0.3 is 5.32 Å². The lowest BCUT2D eigenvalue weighted by Crippen LogP contribution is -2.42. The second kappa shape index (κ2) is 7.46. The molecule has 162 valence electrons. The van der Waals surface area contributed by atoms with E-state index < -0.39 is 10.0 Å². The fraction of sp³-hybridized carbons (Fsp3) is 0.650. The smallest absolute Gasteiger partial charge is 0.252 e. The summed E-state index contributed by atoms with van der Waals surface area (Å²) in [6.07, 6.45) is 8.85. The number of alkyl halides is 1. The molecule has 1 atom stereocenters. The minimum absolute atomic E-state index is 0.00455. The Morgan fingerprint density at radius 3 is 2.63 bits per heavy atom. The number of sulfonamides is 1. The molecule has 8 nitrogen and oxygen atoms in total. The Kier molecular flexibility index (Phi) is 5.02. The highest BCUT2D eigenvalue weighted by molar-refractivity contribution is 7.90. The molecule has 2 aromatic rings. The largest absolute Gasteiger partial charge is 0.351 e. The summed E-state index contributed by atoms with van der Waals surface area (Å²) in [6.45, 7) is 0.852. The lowest BCUT2D eigenvalue weighted by atomic mass is 10.00. The van der Waals surface area contributed by atoms with E-state index >= 15 is 0 Å². The zero-order valence-electron chi connectivity index (χ0n) is 16.8. The molecule has 1 N–H and O–H groups in total. The van der Waals surface area contributed by atoms with E-state index in [1.165, 1.54) is 23.6 Å². The number of hydrogen-bond donors (Lipinski definition) is 1. The van der Waals surface area contributed by atoms with Gasteiger partial charge >= 0.3 is 0 Å². The summed E-state index contributed by atoms with van der Waals surface area (Å²) >= 11 is 5.56. The van der Waals surface area contributed by atoms with Crippen LogP contribution in [-0.4, -0.2) is 51.6 Å². The van der Waals surface area contributed by atoms with Crippen molar-refractivity contribution in [2.24, 2.45) is 5.41 Å². The van der Waals surface area contributed by atoms with Gasteiger partial charge in [0, 0.05) is 42.8 Å². The number of fused-ring (bicyclic) bond motifs is 1.